The summed E-state index contributed by atoms with van der Waals surface area (Å²) >= 11 is 0. The molecule has 0 atom stereocenters. The van der Waals surface area contributed by atoms with Gasteiger partial charge in [0.25, 0.3) is 0 Å². The molecular formula is C16H19N3O. The molecule has 1 aliphatic heterocycles. The molecular weight excluding hydrogens is 250 g/mol. The zero-order valence-corrected chi connectivity index (χ0v) is 11.9. The van der Waals surface area contributed by atoms with Gasteiger partial charge in [0.15, 0.2) is 5.78 Å². The molecule has 0 amide bonds. The number of carbonyl (C=O) groups excluding carboxylic acids is 1. The monoisotopic (exact) mass is 269 g/mol. The van der Waals surface area contributed by atoms with Gasteiger partial charge in [-0.15, -0.1) is 0 Å². The number of aromatic nitrogens is 2. The maximum absolute atomic E-state index is 12.8. The summed E-state index contributed by atoms with van der Waals surface area (Å²) in [5.74, 6) is 0.341. The third-order valence-corrected chi connectivity index (χ3v) is 3.68. The molecule has 2 aromatic rings. The van der Waals surface area contributed by atoms with Gasteiger partial charge in [-0.05, 0) is 30.9 Å². The lowest BCUT2D eigenvalue weighted by atomic mass is 9.94. The van der Waals surface area contributed by atoms with Crippen LogP contribution in [0.5, 0.6) is 0 Å². The van der Waals surface area contributed by atoms with Crippen molar-refractivity contribution in [2.45, 2.75) is 32.6 Å². The minimum absolute atomic E-state index is 0.113. The fraction of sp³-hybridized carbons (Fsp3) is 0.375. The average molecular weight is 269 g/mol. The van der Waals surface area contributed by atoms with Gasteiger partial charge in [-0.3, -0.25) is 4.79 Å². The topological polar surface area (TPSA) is 46.4 Å². The van der Waals surface area contributed by atoms with Crippen LogP contribution in [-0.4, -0.2) is 21.9 Å². The molecule has 0 fully saturated rings. The van der Waals surface area contributed by atoms with Crippen LogP contribution < -0.4 is 5.32 Å². The second-order valence-electron chi connectivity index (χ2n) is 5.50. The summed E-state index contributed by atoms with van der Waals surface area (Å²) in [6, 6.07) is 5.84. The number of pyridine rings is 1. The number of carbonyl (C=O) groups is 1. The molecule has 0 unspecified atom stereocenters. The van der Waals surface area contributed by atoms with Crippen LogP contribution in [-0.2, 0) is 0 Å². The summed E-state index contributed by atoms with van der Waals surface area (Å²) in [7, 11) is 0. The fourth-order valence-electron chi connectivity index (χ4n) is 2.64. The fourth-order valence-corrected chi connectivity index (χ4v) is 2.64. The van der Waals surface area contributed by atoms with Gasteiger partial charge < -0.3 is 5.32 Å². The summed E-state index contributed by atoms with van der Waals surface area (Å²) in [5.41, 5.74) is 3.40. The third kappa shape index (κ3) is 2.11. The van der Waals surface area contributed by atoms with E-state index in [1.165, 1.54) is 0 Å². The van der Waals surface area contributed by atoms with Crippen molar-refractivity contribution in [1.82, 2.24) is 14.9 Å². The molecule has 1 aliphatic rings. The van der Waals surface area contributed by atoms with Crippen LogP contribution in [0.1, 0.15) is 48.7 Å². The van der Waals surface area contributed by atoms with E-state index >= 15 is 0 Å². The van der Waals surface area contributed by atoms with E-state index in [1.54, 1.807) is 4.52 Å². The van der Waals surface area contributed by atoms with Gasteiger partial charge in [0.05, 0.1) is 16.8 Å². The van der Waals surface area contributed by atoms with E-state index in [9.17, 15) is 4.79 Å². The van der Waals surface area contributed by atoms with Gasteiger partial charge in [0, 0.05) is 24.5 Å². The van der Waals surface area contributed by atoms with Gasteiger partial charge in [-0.25, -0.2) is 4.52 Å². The number of fused-ring (bicyclic) bond motifs is 1. The zero-order chi connectivity index (χ0) is 14.1. The summed E-state index contributed by atoms with van der Waals surface area (Å²) < 4.78 is 1.80. The highest BCUT2D eigenvalue weighted by atomic mass is 16.1. The molecule has 0 bridgehead atoms. The number of ketones is 1. The highest BCUT2D eigenvalue weighted by Gasteiger charge is 2.24. The van der Waals surface area contributed by atoms with Crippen LogP contribution in [0.25, 0.3) is 5.52 Å². The van der Waals surface area contributed by atoms with Crippen molar-refractivity contribution in [1.29, 1.82) is 0 Å². The van der Waals surface area contributed by atoms with Gasteiger partial charge in [0.2, 0.25) is 0 Å². The number of allylic oxidation sites excluding steroid dienone is 1. The van der Waals surface area contributed by atoms with E-state index in [4.69, 9.17) is 0 Å². The number of nitrogens with zero attached hydrogens (tertiary/aromatic N) is 2. The first-order valence-corrected chi connectivity index (χ1v) is 7.13. The Kier molecular flexibility index (Phi) is 3.30. The average Bonchev–Trinajstić information content (AvgIpc) is 2.87. The molecule has 0 aromatic carbocycles. The molecule has 1 N–H and O–H groups in total. The second-order valence-corrected chi connectivity index (χ2v) is 5.50. The smallest absolute Gasteiger partial charge is 0.194 e. The van der Waals surface area contributed by atoms with Crippen LogP contribution in [0.15, 0.2) is 36.2 Å². The Labute approximate surface area is 118 Å². The Bertz CT molecular complexity index is 682. The molecule has 3 rings (SSSR count). The van der Waals surface area contributed by atoms with Crippen LogP contribution in [0.4, 0.5) is 0 Å². The summed E-state index contributed by atoms with van der Waals surface area (Å²) in [6.45, 7) is 5.10. The third-order valence-electron chi connectivity index (χ3n) is 3.68. The van der Waals surface area contributed by atoms with Gasteiger partial charge >= 0.3 is 0 Å². The number of hydrogen-bond donors (Lipinski definition) is 1. The standard InChI is InChI=1S/C16H19N3O/c1-11(2)15-14(13-7-3-4-9-19(13)18-15)16(20)12-6-5-8-17-10-12/h3-4,7,9-11,17H,5-6,8H2,1-2H3. The van der Waals surface area contributed by atoms with Gasteiger partial charge in [-0.1, -0.05) is 19.9 Å². The second kappa shape index (κ2) is 5.12. The summed E-state index contributed by atoms with van der Waals surface area (Å²) in [4.78, 5) is 12.8. The predicted molar refractivity (Wildman–Crippen MR) is 78.9 cm³/mol. The molecule has 0 saturated heterocycles. The van der Waals surface area contributed by atoms with E-state index in [0.29, 0.717) is 0 Å². The quantitative estimate of drug-likeness (QED) is 0.871. The van der Waals surface area contributed by atoms with E-state index in [0.717, 1.165) is 41.7 Å². The number of rotatable bonds is 3. The molecule has 0 saturated carbocycles. The minimum Gasteiger partial charge on any atom is -0.391 e. The molecule has 0 spiro atoms. The Morgan fingerprint density at radius 2 is 2.25 bits per heavy atom. The van der Waals surface area contributed by atoms with Crippen LogP contribution in [0.3, 0.4) is 0 Å². The lowest BCUT2D eigenvalue weighted by Crippen LogP contribution is -2.18. The zero-order valence-electron chi connectivity index (χ0n) is 11.9. The van der Waals surface area contributed by atoms with E-state index in [-0.39, 0.29) is 11.7 Å². The molecule has 3 heterocycles. The van der Waals surface area contributed by atoms with Crippen molar-refractivity contribution >= 4 is 11.3 Å². The van der Waals surface area contributed by atoms with Crippen molar-refractivity contribution in [3.05, 3.63) is 47.4 Å². The summed E-state index contributed by atoms with van der Waals surface area (Å²) in [5, 5.41) is 7.74. The first kappa shape index (κ1) is 12.9. The normalized spacial score (nSPS) is 15.2. The predicted octanol–water partition coefficient (Wildman–Crippen LogP) is 2.91. The molecule has 2 aromatic heterocycles. The molecule has 4 heteroatoms. The Morgan fingerprint density at radius 3 is 2.95 bits per heavy atom. The Morgan fingerprint density at radius 1 is 1.40 bits per heavy atom. The lowest BCUT2D eigenvalue weighted by molar-refractivity contribution is 0.102. The van der Waals surface area contributed by atoms with Crippen molar-refractivity contribution in [3.63, 3.8) is 0 Å². The minimum atomic E-state index is 0.113. The van der Waals surface area contributed by atoms with Gasteiger partial charge in [0.1, 0.15) is 0 Å². The SMILES string of the molecule is CC(C)c1nn2ccccc2c1C(=O)C1=CNCCC1. The lowest BCUT2D eigenvalue weighted by Gasteiger charge is -2.14. The maximum Gasteiger partial charge on any atom is 0.194 e. The van der Waals surface area contributed by atoms with E-state index in [2.05, 4.69) is 24.3 Å². The number of hydrogen-bond acceptors (Lipinski definition) is 3. The van der Waals surface area contributed by atoms with Crippen molar-refractivity contribution in [3.8, 4) is 0 Å². The molecule has 0 radical (unpaired) electrons. The molecule has 104 valence electrons. The highest BCUT2D eigenvalue weighted by molar-refractivity contribution is 6.13. The Balaban J connectivity index is 2.15. The van der Waals surface area contributed by atoms with Crippen LogP contribution in [0.2, 0.25) is 0 Å². The van der Waals surface area contributed by atoms with E-state index < -0.39 is 0 Å². The summed E-state index contributed by atoms with van der Waals surface area (Å²) in [6.07, 6.45) is 5.61. The Hall–Kier alpha value is -2.10. The largest absolute Gasteiger partial charge is 0.391 e. The van der Waals surface area contributed by atoms with Crippen molar-refractivity contribution < 1.29 is 4.79 Å². The molecule has 20 heavy (non-hydrogen) atoms. The first-order chi connectivity index (χ1) is 9.68. The number of Topliss-reactive ketones (excluding diaryl/α,β-unsaturated/α-hetero) is 1. The molecule has 0 aliphatic carbocycles. The molecule has 4 nitrogen and oxygen atoms in total. The first-order valence-electron chi connectivity index (χ1n) is 7.13. The number of nitrogens with one attached hydrogen (secondary N) is 1. The van der Waals surface area contributed by atoms with Crippen molar-refractivity contribution in [2.75, 3.05) is 6.54 Å². The van der Waals surface area contributed by atoms with Crippen LogP contribution in [0, 0.1) is 0 Å². The van der Waals surface area contributed by atoms with Crippen molar-refractivity contribution in [2.24, 2.45) is 0 Å². The highest BCUT2D eigenvalue weighted by Crippen LogP contribution is 2.26. The van der Waals surface area contributed by atoms with Crippen LogP contribution >= 0.6 is 0 Å². The van der Waals surface area contributed by atoms with Gasteiger partial charge in [-0.2, -0.15) is 5.10 Å². The maximum atomic E-state index is 12.8. The van der Waals surface area contributed by atoms with E-state index in [1.807, 2.05) is 30.6 Å².